The van der Waals surface area contributed by atoms with E-state index < -0.39 is 46.1 Å². The summed E-state index contributed by atoms with van der Waals surface area (Å²) in [6.45, 7) is 0. The monoisotopic (exact) mass is 409 g/mol. The molecule has 0 aliphatic rings. The molecule has 1 aromatic carbocycles. The van der Waals surface area contributed by atoms with Gasteiger partial charge in [-0.05, 0) is 28.1 Å². The Hall–Kier alpha value is -2.18. The van der Waals surface area contributed by atoms with E-state index in [1.165, 1.54) is 0 Å². The summed E-state index contributed by atoms with van der Waals surface area (Å²) in [6.07, 6.45) is -10.4. The molecule has 0 spiro atoms. The standard InChI is InChI=1S/C10H6BrF6N3O3/c11-4-2-5(22-9(12,13)14)3(7(21)20-8(18)19)1-6(4)23-10(15,16)17/h1-2H,(H4,18,19,20,21). The van der Waals surface area contributed by atoms with Gasteiger partial charge in [-0.3, -0.25) is 4.79 Å². The highest BCUT2D eigenvalue weighted by Gasteiger charge is 2.36. The molecule has 23 heavy (non-hydrogen) atoms. The summed E-state index contributed by atoms with van der Waals surface area (Å²) in [6, 6.07) is 0.817. The number of aliphatic imine (C=N–C) groups is 1. The number of rotatable bonds is 3. The summed E-state index contributed by atoms with van der Waals surface area (Å²) in [5, 5.41) is 0. The molecule has 0 fully saturated rings. The number of alkyl halides is 6. The molecule has 4 N–H and O–H groups in total. The average molecular weight is 410 g/mol. The third-order valence-electron chi connectivity index (χ3n) is 1.95. The van der Waals surface area contributed by atoms with Gasteiger partial charge in [0, 0.05) is 0 Å². The van der Waals surface area contributed by atoms with Crippen LogP contribution in [0, 0.1) is 0 Å². The van der Waals surface area contributed by atoms with Crippen LogP contribution in [0.1, 0.15) is 10.4 Å². The average Bonchev–Trinajstić information content (AvgIpc) is 2.27. The van der Waals surface area contributed by atoms with E-state index in [1.54, 1.807) is 0 Å². The Morgan fingerprint density at radius 1 is 1.00 bits per heavy atom. The van der Waals surface area contributed by atoms with Crippen LogP contribution in [0.4, 0.5) is 26.3 Å². The minimum Gasteiger partial charge on any atom is -0.405 e. The molecule has 13 heteroatoms. The van der Waals surface area contributed by atoms with Crippen LogP contribution in [0.5, 0.6) is 11.5 Å². The van der Waals surface area contributed by atoms with Crippen molar-refractivity contribution in [3.05, 3.63) is 22.2 Å². The predicted molar refractivity (Wildman–Crippen MR) is 67.6 cm³/mol. The zero-order chi connectivity index (χ0) is 18.0. The number of amides is 1. The molecule has 0 aromatic heterocycles. The highest BCUT2D eigenvalue weighted by Crippen LogP contribution is 2.38. The van der Waals surface area contributed by atoms with E-state index in [4.69, 9.17) is 11.5 Å². The Balaban J connectivity index is 3.43. The highest BCUT2D eigenvalue weighted by molar-refractivity contribution is 9.10. The van der Waals surface area contributed by atoms with Crippen LogP contribution in [0.25, 0.3) is 0 Å². The smallest absolute Gasteiger partial charge is 0.405 e. The topological polar surface area (TPSA) is 99.9 Å². The lowest BCUT2D eigenvalue weighted by molar-refractivity contribution is -0.277. The van der Waals surface area contributed by atoms with E-state index in [-0.39, 0.29) is 0 Å². The zero-order valence-corrected chi connectivity index (χ0v) is 12.2. The van der Waals surface area contributed by atoms with Crippen LogP contribution in [0.15, 0.2) is 21.6 Å². The molecule has 0 atom stereocenters. The Kier molecular flexibility index (Phi) is 5.35. The number of nitrogens with zero attached hydrogens (tertiary/aromatic N) is 1. The molecule has 0 saturated carbocycles. The van der Waals surface area contributed by atoms with Crippen molar-refractivity contribution in [1.82, 2.24) is 0 Å². The van der Waals surface area contributed by atoms with Gasteiger partial charge in [0.25, 0.3) is 5.91 Å². The van der Waals surface area contributed by atoms with Crippen molar-refractivity contribution in [2.24, 2.45) is 16.5 Å². The molecule has 0 heterocycles. The van der Waals surface area contributed by atoms with E-state index >= 15 is 0 Å². The summed E-state index contributed by atoms with van der Waals surface area (Å²) in [5.41, 5.74) is 8.81. The normalized spacial score (nSPS) is 11.8. The molecular weight excluding hydrogens is 404 g/mol. The van der Waals surface area contributed by atoms with Gasteiger partial charge in [0.05, 0.1) is 10.0 Å². The predicted octanol–water partition coefficient (Wildman–Crippen LogP) is 2.66. The van der Waals surface area contributed by atoms with E-state index in [2.05, 4.69) is 30.4 Å². The summed E-state index contributed by atoms with van der Waals surface area (Å²) in [4.78, 5) is 14.6. The molecule has 6 nitrogen and oxygen atoms in total. The second-order valence-electron chi connectivity index (χ2n) is 3.72. The fourth-order valence-electron chi connectivity index (χ4n) is 1.29. The fraction of sp³-hybridized carbons (Fsp3) is 0.200. The number of ether oxygens (including phenoxy) is 2. The third-order valence-corrected chi connectivity index (χ3v) is 2.57. The van der Waals surface area contributed by atoms with Crippen molar-refractivity contribution < 1.29 is 40.6 Å². The molecule has 128 valence electrons. The molecule has 0 aliphatic carbocycles. The van der Waals surface area contributed by atoms with Gasteiger partial charge in [-0.25, -0.2) is 0 Å². The Morgan fingerprint density at radius 3 is 1.91 bits per heavy atom. The van der Waals surface area contributed by atoms with Crippen LogP contribution in [0.3, 0.4) is 0 Å². The first-order valence-corrected chi connectivity index (χ1v) is 6.07. The Morgan fingerprint density at radius 2 is 1.48 bits per heavy atom. The van der Waals surface area contributed by atoms with Crippen LogP contribution in [-0.4, -0.2) is 24.6 Å². The molecule has 1 rings (SSSR count). The van der Waals surface area contributed by atoms with Gasteiger partial charge in [0.1, 0.15) is 11.5 Å². The zero-order valence-electron chi connectivity index (χ0n) is 10.6. The first kappa shape index (κ1) is 18.9. The van der Waals surface area contributed by atoms with Crippen molar-refractivity contribution in [3.8, 4) is 11.5 Å². The van der Waals surface area contributed by atoms with Gasteiger partial charge in [-0.2, -0.15) is 4.99 Å². The number of carbonyl (C=O) groups excluding carboxylic acids is 1. The SMILES string of the molecule is NC(N)=NC(=O)c1cc(OC(F)(F)F)c(Br)cc1OC(F)(F)F. The van der Waals surface area contributed by atoms with Gasteiger partial charge in [-0.1, -0.05) is 0 Å². The lowest BCUT2D eigenvalue weighted by atomic mass is 10.2. The van der Waals surface area contributed by atoms with Crippen molar-refractivity contribution >= 4 is 27.8 Å². The quantitative estimate of drug-likeness (QED) is 0.454. The maximum Gasteiger partial charge on any atom is 0.573 e. The Labute approximate surface area is 132 Å². The van der Waals surface area contributed by atoms with E-state index in [1.807, 2.05) is 0 Å². The summed E-state index contributed by atoms with van der Waals surface area (Å²) in [5.74, 6) is -4.37. The van der Waals surface area contributed by atoms with Gasteiger partial charge in [0.15, 0.2) is 5.96 Å². The second-order valence-corrected chi connectivity index (χ2v) is 4.57. The van der Waals surface area contributed by atoms with Crippen LogP contribution < -0.4 is 20.9 Å². The molecule has 0 radical (unpaired) electrons. The van der Waals surface area contributed by atoms with Crippen molar-refractivity contribution in [2.45, 2.75) is 12.7 Å². The van der Waals surface area contributed by atoms with E-state index in [0.29, 0.717) is 12.1 Å². The van der Waals surface area contributed by atoms with Gasteiger partial charge in [0.2, 0.25) is 0 Å². The van der Waals surface area contributed by atoms with Crippen LogP contribution in [-0.2, 0) is 0 Å². The number of hydrogen-bond donors (Lipinski definition) is 2. The Bertz CT molecular complexity index is 640. The lowest BCUT2D eigenvalue weighted by Crippen LogP contribution is -2.25. The molecule has 0 saturated heterocycles. The summed E-state index contributed by atoms with van der Waals surface area (Å²) >= 11 is 2.57. The number of halogens is 7. The second kappa shape index (κ2) is 6.52. The molecule has 1 aromatic rings. The number of carbonyl (C=O) groups is 1. The minimum atomic E-state index is -5.21. The van der Waals surface area contributed by atoms with E-state index in [9.17, 15) is 31.1 Å². The summed E-state index contributed by atoms with van der Waals surface area (Å²) in [7, 11) is 0. The number of hydrogen-bond acceptors (Lipinski definition) is 3. The van der Waals surface area contributed by atoms with Crippen molar-refractivity contribution in [1.29, 1.82) is 0 Å². The minimum absolute atomic E-state index is 0.355. The maximum atomic E-state index is 12.3. The molecule has 0 bridgehead atoms. The number of nitrogens with two attached hydrogens (primary N) is 2. The highest BCUT2D eigenvalue weighted by atomic mass is 79.9. The van der Waals surface area contributed by atoms with Crippen molar-refractivity contribution in [3.63, 3.8) is 0 Å². The maximum absolute atomic E-state index is 12.3. The molecular formula is C10H6BrF6N3O3. The van der Waals surface area contributed by atoms with Gasteiger partial charge >= 0.3 is 12.7 Å². The largest absolute Gasteiger partial charge is 0.573 e. The van der Waals surface area contributed by atoms with Crippen LogP contribution in [0.2, 0.25) is 0 Å². The van der Waals surface area contributed by atoms with Crippen LogP contribution >= 0.6 is 15.9 Å². The summed E-state index contributed by atoms with van der Waals surface area (Å²) < 4.78 is 80.2. The first-order chi connectivity index (χ1) is 10.3. The van der Waals surface area contributed by atoms with Gasteiger partial charge < -0.3 is 20.9 Å². The molecule has 1 amide bonds. The molecule has 0 unspecified atom stereocenters. The third kappa shape index (κ3) is 6.22. The number of guanidine groups is 1. The molecule has 0 aliphatic heterocycles. The van der Waals surface area contributed by atoms with Gasteiger partial charge in [-0.15, -0.1) is 26.3 Å². The first-order valence-electron chi connectivity index (χ1n) is 5.27. The number of benzene rings is 1. The van der Waals surface area contributed by atoms with Crippen molar-refractivity contribution in [2.75, 3.05) is 0 Å². The lowest BCUT2D eigenvalue weighted by Gasteiger charge is -2.15. The van der Waals surface area contributed by atoms with E-state index in [0.717, 1.165) is 0 Å². The fourth-order valence-corrected chi connectivity index (χ4v) is 1.70.